The van der Waals surface area contributed by atoms with Crippen molar-refractivity contribution in [3.8, 4) is 11.5 Å². The SMILES string of the molecule is CCOc1ccc(C=CC(=O)OCC(=O)Nc2c(CC)cccc2CC)cc1OCC. The van der Waals surface area contributed by atoms with Crippen LogP contribution in [-0.2, 0) is 27.2 Å². The fraction of sp³-hybridized carbons (Fsp3) is 0.360. The van der Waals surface area contributed by atoms with Gasteiger partial charge in [-0.2, -0.15) is 0 Å². The van der Waals surface area contributed by atoms with Gasteiger partial charge in [0.25, 0.3) is 5.91 Å². The molecule has 0 atom stereocenters. The third-order valence-corrected chi connectivity index (χ3v) is 4.59. The number of benzene rings is 2. The second-order valence-electron chi connectivity index (χ2n) is 6.72. The normalized spacial score (nSPS) is 10.7. The van der Waals surface area contributed by atoms with Crippen LogP contribution in [-0.4, -0.2) is 31.7 Å². The van der Waals surface area contributed by atoms with E-state index in [0.717, 1.165) is 35.2 Å². The predicted molar refractivity (Wildman–Crippen MR) is 123 cm³/mol. The van der Waals surface area contributed by atoms with Crippen molar-refractivity contribution in [2.45, 2.75) is 40.5 Å². The first-order valence-electron chi connectivity index (χ1n) is 10.7. The number of ether oxygens (including phenoxy) is 3. The van der Waals surface area contributed by atoms with E-state index in [1.165, 1.54) is 6.08 Å². The molecule has 2 aromatic carbocycles. The number of amides is 1. The average molecular weight is 426 g/mol. The molecular weight excluding hydrogens is 394 g/mol. The van der Waals surface area contributed by atoms with Gasteiger partial charge in [0, 0.05) is 11.8 Å². The lowest BCUT2D eigenvalue weighted by atomic mass is 10.0. The van der Waals surface area contributed by atoms with Crippen molar-refractivity contribution in [3.05, 3.63) is 59.2 Å². The molecule has 1 N–H and O–H groups in total. The molecule has 0 saturated heterocycles. The summed E-state index contributed by atoms with van der Waals surface area (Å²) in [5, 5.41) is 2.88. The van der Waals surface area contributed by atoms with Crippen LogP contribution in [0.25, 0.3) is 6.08 Å². The number of nitrogens with one attached hydrogen (secondary N) is 1. The Balaban J connectivity index is 1.95. The van der Waals surface area contributed by atoms with Gasteiger partial charge < -0.3 is 19.5 Å². The molecule has 0 aliphatic rings. The van der Waals surface area contributed by atoms with Crippen molar-refractivity contribution in [1.82, 2.24) is 0 Å². The number of rotatable bonds is 11. The lowest BCUT2D eigenvalue weighted by molar-refractivity contribution is -0.142. The lowest BCUT2D eigenvalue weighted by Gasteiger charge is -2.14. The van der Waals surface area contributed by atoms with Crippen molar-refractivity contribution in [3.63, 3.8) is 0 Å². The van der Waals surface area contributed by atoms with Crippen LogP contribution >= 0.6 is 0 Å². The molecule has 2 aromatic rings. The zero-order valence-electron chi connectivity index (χ0n) is 18.7. The highest BCUT2D eigenvalue weighted by molar-refractivity contribution is 5.95. The maximum atomic E-state index is 12.3. The average Bonchev–Trinajstić information content (AvgIpc) is 2.78. The highest BCUT2D eigenvalue weighted by Crippen LogP contribution is 2.29. The van der Waals surface area contributed by atoms with Crippen LogP contribution in [0.1, 0.15) is 44.4 Å². The third-order valence-electron chi connectivity index (χ3n) is 4.59. The largest absolute Gasteiger partial charge is 0.490 e. The van der Waals surface area contributed by atoms with E-state index in [4.69, 9.17) is 14.2 Å². The number of anilines is 1. The molecule has 6 nitrogen and oxygen atoms in total. The molecule has 0 fully saturated rings. The third kappa shape index (κ3) is 7.17. The number of hydrogen-bond acceptors (Lipinski definition) is 5. The minimum atomic E-state index is -0.596. The first-order valence-corrected chi connectivity index (χ1v) is 10.7. The van der Waals surface area contributed by atoms with E-state index >= 15 is 0 Å². The van der Waals surface area contributed by atoms with Gasteiger partial charge in [0.2, 0.25) is 0 Å². The first-order chi connectivity index (χ1) is 15.0. The van der Waals surface area contributed by atoms with Crippen LogP contribution in [0.5, 0.6) is 11.5 Å². The molecule has 0 radical (unpaired) electrons. The topological polar surface area (TPSA) is 73.9 Å². The first kappa shape index (κ1) is 24.0. The Hall–Kier alpha value is -3.28. The van der Waals surface area contributed by atoms with Gasteiger partial charge in [0.15, 0.2) is 18.1 Å². The number of para-hydroxylation sites is 1. The monoisotopic (exact) mass is 425 g/mol. The van der Waals surface area contributed by atoms with Gasteiger partial charge in [-0.3, -0.25) is 4.79 Å². The lowest BCUT2D eigenvalue weighted by Crippen LogP contribution is -2.21. The highest BCUT2D eigenvalue weighted by atomic mass is 16.5. The van der Waals surface area contributed by atoms with Crippen LogP contribution in [0.15, 0.2) is 42.5 Å². The highest BCUT2D eigenvalue weighted by Gasteiger charge is 2.11. The Morgan fingerprint density at radius 2 is 1.55 bits per heavy atom. The van der Waals surface area contributed by atoms with Crippen LogP contribution < -0.4 is 14.8 Å². The second kappa shape index (κ2) is 12.4. The molecule has 2 rings (SSSR count). The molecule has 0 aromatic heterocycles. The number of aryl methyl sites for hydroxylation is 2. The molecule has 0 unspecified atom stereocenters. The predicted octanol–water partition coefficient (Wildman–Crippen LogP) is 4.80. The van der Waals surface area contributed by atoms with Crippen molar-refractivity contribution < 1.29 is 23.8 Å². The molecule has 1 amide bonds. The molecule has 0 spiro atoms. The Labute approximate surface area is 184 Å². The Morgan fingerprint density at radius 3 is 2.16 bits per heavy atom. The van der Waals surface area contributed by atoms with E-state index in [0.29, 0.717) is 24.7 Å². The quantitative estimate of drug-likeness (QED) is 0.413. The zero-order chi connectivity index (χ0) is 22.6. The van der Waals surface area contributed by atoms with Gasteiger partial charge in [-0.05, 0) is 61.6 Å². The van der Waals surface area contributed by atoms with E-state index < -0.39 is 5.97 Å². The molecule has 166 valence electrons. The molecule has 31 heavy (non-hydrogen) atoms. The summed E-state index contributed by atoms with van der Waals surface area (Å²) < 4.78 is 16.2. The van der Waals surface area contributed by atoms with Gasteiger partial charge in [-0.1, -0.05) is 38.1 Å². The summed E-state index contributed by atoms with van der Waals surface area (Å²) >= 11 is 0. The van der Waals surface area contributed by atoms with Crippen molar-refractivity contribution in [2.24, 2.45) is 0 Å². The molecule has 6 heteroatoms. The minimum Gasteiger partial charge on any atom is -0.490 e. The summed E-state index contributed by atoms with van der Waals surface area (Å²) in [6, 6.07) is 11.4. The van der Waals surface area contributed by atoms with Crippen LogP contribution in [0.3, 0.4) is 0 Å². The van der Waals surface area contributed by atoms with Crippen molar-refractivity contribution >= 4 is 23.6 Å². The second-order valence-corrected chi connectivity index (χ2v) is 6.72. The molecular formula is C25H31NO5. The molecule has 0 bridgehead atoms. The van der Waals surface area contributed by atoms with E-state index in [-0.39, 0.29) is 12.5 Å². The summed E-state index contributed by atoms with van der Waals surface area (Å²) in [6.07, 6.45) is 4.51. The summed E-state index contributed by atoms with van der Waals surface area (Å²) in [6.45, 7) is 8.55. The number of esters is 1. The van der Waals surface area contributed by atoms with E-state index in [1.807, 2.05) is 52.0 Å². The number of carbonyl (C=O) groups is 2. The smallest absolute Gasteiger partial charge is 0.331 e. The van der Waals surface area contributed by atoms with Gasteiger partial charge in [-0.25, -0.2) is 4.79 Å². The summed E-state index contributed by atoms with van der Waals surface area (Å²) in [7, 11) is 0. The standard InChI is InChI=1S/C25H31NO5/c1-5-19-10-9-11-20(6-2)25(19)26-23(27)17-31-24(28)15-13-18-12-14-21(29-7-3)22(16-18)30-8-4/h9-16H,5-8,17H2,1-4H3,(H,26,27). The van der Waals surface area contributed by atoms with E-state index in [1.54, 1.807) is 18.2 Å². The van der Waals surface area contributed by atoms with E-state index in [9.17, 15) is 9.59 Å². The maximum Gasteiger partial charge on any atom is 0.331 e. The summed E-state index contributed by atoms with van der Waals surface area (Å²) in [5.74, 6) is 0.304. The minimum absolute atomic E-state index is 0.349. The number of hydrogen-bond donors (Lipinski definition) is 1. The maximum absolute atomic E-state index is 12.3. The van der Waals surface area contributed by atoms with Crippen molar-refractivity contribution in [2.75, 3.05) is 25.1 Å². The van der Waals surface area contributed by atoms with Crippen molar-refractivity contribution in [1.29, 1.82) is 0 Å². The molecule has 0 aliphatic heterocycles. The molecule has 0 heterocycles. The molecule has 0 saturated carbocycles. The Kier molecular flexibility index (Phi) is 9.62. The fourth-order valence-electron chi connectivity index (χ4n) is 3.10. The molecule has 0 aliphatic carbocycles. The van der Waals surface area contributed by atoms with Crippen LogP contribution in [0.4, 0.5) is 5.69 Å². The Morgan fingerprint density at radius 1 is 0.903 bits per heavy atom. The van der Waals surface area contributed by atoms with Gasteiger partial charge >= 0.3 is 5.97 Å². The van der Waals surface area contributed by atoms with E-state index in [2.05, 4.69) is 5.32 Å². The van der Waals surface area contributed by atoms with Gasteiger partial charge in [0.1, 0.15) is 0 Å². The van der Waals surface area contributed by atoms with Crippen LogP contribution in [0.2, 0.25) is 0 Å². The fourth-order valence-corrected chi connectivity index (χ4v) is 3.10. The van der Waals surface area contributed by atoms with Gasteiger partial charge in [0.05, 0.1) is 13.2 Å². The summed E-state index contributed by atoms with van der Waals surface area (Å²) in [4.78, 5) is 24.4. The van der Waals surface area contributed by atoms with Gasteiger partial charge in [-0.15, -0.1) is 0 Å². The zero-order valence-corrected chi connectivity index (χ0v) is 18.7. The number of carbonyl (C=O) groups excluding carboxylic acids is 2. The summed E-state index contributed by atoms with van der Waals surface area (Å²) in [5.41, 5.74) is 3.68. The van der Waals surface area contributed by atoms with Crippen LogP contribution in [0, 0.1) is 0 Å². The Bertz CT molecular complexity index is 898.